The van der Waals surface area contributed by atoms with Gasteiger partial charge in [-0.3, -0.25) is 9.59 Å². The predicted molar refractivity (Wildman–Crippen MR) is 129 cm³/mol. The summed E-state index contributed by atoms with van der Waals surface area (Å²) in [5.74, 6) is 0.520. The molecule has 2 aliphatic rings. The van der Waals surface area contributed by atoms with Crippen LogP contribution >= 0.6 is 11.3 Å². The average Bonchev–Trinajstić information content (AvgIpc) is 3.45. The summed E-state index contributed by atoms with van der Waals surface area (Å²) in [6, 6.07) is 22.5. The van der Waals surface area contributed by atoms with Crippen molar-refractivity contribution in [2.24, 2.45) is 0 Å². The monoisotopic (exact) mass is 454 g/mol. The molecule has 2 amide bonds. The van der Waals surface area contributed by atoms with E-state index >= 15 is 0 Å². The Morgan fingerprint density at radius 1 is 0.818 bits per heavy atom. The first-order chi connectivity index (χ1) is 16.2. The summed E-state index contributed by atoms with van der Waals surface area (Å²) in [6.45, 7) is 0.965. The fraction of sp³-hybridized carbons (Fsp3) is 0.0769. The van der Waals surface area contributed by atoms with Crippen LogP contribution in [0.3, 0.4) is 0 Å². The molecule has 3 heterocycles. The van der Waals surface area contributed by atoms with Crippen LogP contribution in [0.25, 0.3) is 16.3 Å². The summed E-state index contributed by atoms with van der Waals surface area (Å²) in [6.07, 6.45) is 0. The van der Waals surface area contributed by atoms with Gasteiger partial charge in [0, 0.05) is 22.0 Å². The van der Waals surface area contributed by atoms with E-state index < -0.39 is 5.91 Å². The minimum atomic E-state index is -0.394. The number of anilines is 2. The second kappa shape index (κ2) is 7.79. The first kappa shape index (κ1) is 19.6. The van der Waals surface area contributed by atoms with Crippen LogP contribution in [0.1, 0.15) is 4.88 Å². The van der Waals surface area contributed by atoms with Gasteiger partial charge in [0.25, 0.3) is 11.8 Å². The number of benzene rings is 3. The lowest BCUT2D eigenvalue weighted by Crippen LogP contribution is -2.32. The van der Waals surface area contributed by atoms with Crippen molar-refractivity contribution in [3.05, 3.63) is 88.8 Å². The number of amides is 2. The Balaban J connectivity index is 1.45. The van der Waals surface area contributed by atoms with E-state index in [1.54, 1.807) is 18.2 Å². The summed E-state index contributed by atoms with van der Waals surface area (Å²) < 4.78 is 11.3. The number of hydrogen-bond donors (Lipinski definition) is 1. The normalized spacial score (nSPS) is 15.5. The van der Waals surface area contributed by atoms with Crippen LogP contribution in [-0.4, -0.2) is 25.0 Å². The van der Waals surface area contributed by atoms with Gasteiger partial charge < -0.3 is 14.8 Å². The molecule has 2 aliphatic heterocycles. The van der Waals surface area contributed by atoms with Gasteiger partial charge in [0.05, 0.1) is 11.3 Å². The number of nitrogens with one attached hydrogen (secondary N) is 1. The number of fused-ring (bicyclic) bond motifs is 2. The van der Waals surface area contributed by atoms with E-state index in [1.807, 2.05) is 60.0 Å². The molecule has 6 rings (SSSR count). The van der Waals surface area contributed by atoms with E-state index in [0.717, 1.165) is 15.6 Å². The molecule has 162 valence electrons. The molecule has 0 bridgehead atoms. The van der Waals surface area contributed by atoms with E-state index in [9.17, 15) is 9.59 Å². The molecule has 33 heavy (non-hydrogen) atoms. The first-order valence-corrected chi connectivity index (χ1v) is 11.4. The van der Waals surface area contributed by atoms with E-state index in [2.05, 4.69) is 5.32 Å². The van der Waals surface area contributed by atoms with Gasteiger partial charge in [0.15, 0.2) is 11.5 Å². The average molecular weight is 455 g/mol. The van der Waals surface area contributed by atoms with E-state index in [1.165, 1.54) is 16.2 Å². The molecule has 0 radical (unpaired) electrons. The Bertz CT molecular complexity index is 1440. The third-order valence-electron chi connectivity index (χ3n) is 5.67. The number of imide groups is 1. The third kappa shape index (κ3) is 3.25. The lowest BCUT2D eigenvalue weighted by Gasteiger charge is -2.20. The quantitative estimate of drug-likeness (QED) is 0.436. The number of rotatable bonds is 4. The number of carbonyl (C=O) groups excluding carboxylic acids is 2. The summed E-state index contributed by atoms with van der Waals surface area (Å²) in [5, 5.41) is 6.89. The second-order valence-electron chi connectivity index (χ2n) is 7.65. The number of nitrogens with zero attached hydrogens (tertiary/aromatic N) is 1. The highest BCUT2D eigenvalue weighted by atomic mass is 32.1. The zero-order chi connectivity index (χ0) is 22.4. The zero-order valence-corrected chi connectivity index (χ0v) is 18.2. The maximum Gasteiger partial charge on any atom is 0.282 e. The molecule has 0 unspecified atom stereocenters. The highest BCUT2D eigenvalue weighted by molar-refractivity contribution is 7.11. The van der Waals surface area contributed by atoms with Gasteiger partial charge in [-0.2, -0.15) is 0 Å². The van der Waals surface area contributed by atoms with Gasteiger partial charge in [0.1, 0.15) is 18.9 Å². The topological polar surface area (TPSA) is 67.9 Å². The molecule has 0 spiro atoms. The van der Waals surface area contributed by atoms with Crippen LogP contribution in [0.4, 0.5) is 11.4 Å². The molecule has 0 atom stereocenters. The summed E-state index contributed by atoms with van der Waals surface area (Å²) in [5.41, 5.74) is 1.81. The maximum absolute atomic E-state index is 13.7. The third-order valence-corrected chi connectivity index (χ3v) is 6.56. The zero-order valence-electron chi connectivity index (χ0n) is 17.4. The van der Waals surface area contributed by atoms with Crippen LogP contribution in [0.2, 0.25) is 0 Å². The lowest BCUT2D eigenvalue weighted by atomic mass is 10.1. The van der Waals surface area contributed by atoms with Crippen LogP contribution in [0.5, 0.6) is 11.5 Å². The number of carbonyl (C=O) groups is 2. The van der Waals surface area contributed by atoms with E-state index in [-0.39, 0.29) is 11.6 Å². The van der Waals surface area contributed by atoms with E-state index in [4.69, 9.17) is 9.47 Å². The predicted octanol–water partition coefficient (Wildman–Crippen LogP) is 5.07. The Morgan fingerprint density at radius 2 is 1.64 bits per heavy atom. The van der Waals surface area contributed by atoms with Crippen LogP contribution in [0.15, 0.2) is 83.9 Å². The van der Waals surface area contributed by atoms with Gasteiger partial charge in [-0.1, -0.05) is 42.5 Å². The van der Waals surface area contributed by atoms with Crippen molar-refractivity contribution in [3.63, 3.8) is 0 Å². The lowest BCUT2D eigenvalue weighted by molar-refractivity contribution is -0.120. The molecule has 6 nitrogen and oxygen atoms in total. The van der Waals surface area contributed by atoms with Gasteiger partial charge in [0.2, 0.25) is 0 Å². The van der Waals surface area contributed by atoms with Crippen molar-refractivity contribution in [2.75, 3.05) is 23.4 Å². The Morgan fingerprint density at radius 3 is 2.48 bits per heavy atom. The largest absolute Gasteiger partial charge is 0.486 e. The fourth-order valence-corrected chi connectivity index (χ4v) is 4.95. The Kier molecular flexibility index (Phi) is 4.62. The summed E-state index contributed by atoms with van der Waals surface area (Å²) in [7, 11) is 0. The van der Waals surface area contributed by atoms with Crippen LogP contribution < -0.4 is 19.7 Å². The second-order valence-corrected chi connectivity index (χ2v) is 8.60. The van der Waals surface area contributed by atoms with Gasteiger partial charge >= 0.3 is 0 Å². The van der Waals surface area contributed by atoms with Crippen molar-refractivity contribution in [2.45, 2.75) is 0 Å². The Hall–Kier alpha value is -4.10. The maximum atomic E-state index is 13.7. The highest BCUT2D eigenvalue weighted by Crippen LogP contribution is 2.39. The molecular formula is C26H18N2O4S. The number of ether oxygens (including phenoxy) is 2. The fourth-order valence-electron chi connectivity index (χ4n) is 4.18. The highest BCUT2D eigenvalue weighted by Gasteiger charge is 2.41. The molecule has 1 aromatic heterocycles. The smallest absolute Gasteiger partial charge is 0.282 e. The molecule has 4 aromatic rings. The van der Waals surface area contributed by atoms with Crippen molar-refractivity contribution in [1.29, 1.82) is 0 Å². The molecule has 1 N–H and O–H groups in total. The van der Waals surface area contributed by atoms with E-state index in [0.29, 0.717) is 41.7 Å². The minimum Gasteiger partial charge on any atom is -0.486 e. The van der Waals surface area contributed by atoms with Crippen molar-refractivity contribution in [3.8, 4) is 11.5 Å². The summed E-state index contributed by atoms with van der Waals surface area (Å²) >= 11 is 1.42. The number of hydrogen-bond acceptors (Lipinski definition) is 6. The summed E-state index contributed by atoms with van der Waals surface area (Å²) in [4.78, 5) is 29.3. The van der Waals surface area contributed by atoms with Crippen LogP contribution in [-0.2, 0) is 9.59 Å². The first-order valence-electron chi connectivity index (χ1n) is 10.5. The molecule has 0 fully saturated rings. The molecule has 0 saturated heterocycles. The van der Waals surface area contributed by atoms with Crippen molar-refractivity contribution >= 4 is 50.9 Å². The standard InChI is InChI=1S/C26H18N2O4S/c29-25-23(22-9-4-14-33-22)24(27-17-10-11-20-21(15-17)32-13-12-31-20)26(30)28(25)19-8-3-6-16-5-1-2-7-18(16)19/h1-11,14-15,27H,12-13H2. The minimum absolute atomic E-state index is 0.243. The number of thiophene rings is 1. The SMILES string of the molecule is O=C1C(Nc2ccc3c(c2)OCCO3)=C(c2cccs2)C(=O)N1c1cccc2ccccc12. The van der Waals surface area contributed by atoms with Gasteiger partial charge in [-0.25, -0.2) is 4.90 Å². The molecule has 0 saturated carbocycles. The van der Waals surface area contributed by atoms with Crippen molar-refractivity contribution < 1.29 is 19.1 Å². The molecular weight excluding hydrogens is 436 g/mol. The Labute approximate surface area is 193 Å². The van der Waals surface area contributed by atoms with Gasteiger partial charge in [-0.15, -0.1) is 11.3 Å². The van der Waals surface area contributed by atoms with Crippen molar-refractivity contribution in [1.82, 2.24) is 0 Å². The molecule has 7 heteroatoms. The van der Waals surface area contributed by atoms with Crippen LogP contribution in [0, 0.1) is 0 Å². The molecule has 0 aliphatic carbocycles. The molecule has 3 aromatic carbocycles. The van der Waals surface area contributed by atoms with Gasteiger partial charge in [-0.05, 0) is 35.0 Å².